The Balaban J connectivity index is 1.51. The molecular formula is C27H29ClF6N8O. The number of likely N-dealkylation sites (tertiary alicyclic amines) is 1. The molecule has 3 aromatic heterocycles. The fraction of sp³-hybridized carbons (Fsp3) is 0.556. The van der Waals surface area contributed by atoms with Gasteiger partial charge in [-0.1, -0.05) is 11.6 Å². The van der Waals surface area contributed by atoms with Crippen LogP contribution in [-0.4, -0.2) is 77.3 Å². The molecule has 0 atom stereocenters. The summed E-state index contributed by atoms with van der Waals surface area (Å²) in [6.45, 7) is 4.98. The number of aromatic nitrogens is 4. The molecule has 3 fully saturated rings. The number of hydrogen-bond acceptors (Lipinski definition) is 9. The zero-order valence-electron chi connectivity index (χ0n) is 23.0. The third kappa shape index (κ3) is 6.11. The highest BCUT2D eigenvalue weighted by Crippen LogP contribution is 2.48. The maximum absolute atomic E-state index is 14.9. The Morgan fingerprint density at radius 1 is 0.930 bits per heavy atom. The topological polar surface area (TPSA) is 105 Å². The molecule has 2 saturated heterocycles. The highest BCUT2D eigenvalue weighted by Gasteiger charge is 2.46. The van der Waals surface area contributed by atoms with Crippen LogP contribution in [0.4, 0.5) is 38.0 Å². The van der Waals surface area contributed by atoms with Gasteiger partial charge in [0.1, 0.15) is 34.2 Å². The smallest absolute Gasteiger partial charge is 0.420 e. The van der Waals surface area contributed by atoms with E-state index in [1.807, 2.05) is 0 Å². The molecule has 0 bridgehead atoms. The van der Waals surface area contributed by atoms with Gasteiger partial charge in [-0.25, -0.2) is 4.98 Å². The highest BCUT2D eigenvalue weighted by atomic mass is 35.5. The van der Waals surface area contributed by atoms with Crippen LogP contribution in [-0.2, 0) is 12.4 Å². The molecular weight excluding hydrogens is 602 g/mol. The van der Waals surface area contributed by atoms with Gasteiger partial charge in [-0.2, -0.15) is 36.3 Å². The lowest BCUT2D eigenvalue weighted by Gasteiger charge is -2.30. The summed E-state index contributed by atoms with van der Waals surface area (Å²) in [7, 11) is 0. The summed E-state index contributed by atoms with van der Waals surface area (Å²) >= 11 is 5.85. The molecule has 3 aromatic rings. The van der Waals surface area contributed by atoms with Gasteiger partial charge in [0.2, 0.25) is 0 Å². The van der Waals surface area contributed by atoms with Gasteiger partial charge >= 0.3 is 18.4 Å². The van der Waals surface area contributed by atoms with Crippen LogP contribution in [0.1, 0.15) is 36.8 Å². The van der Waals surface area contributed by atoms with Crippen molar-refractivity contribution >= 4 is 34.1 Å². The number of alkyl halides is 6. The first-order valence-electron chi connectivity index (χ1n) is 14.0. The summed E-state index contributed by atoms with van der Waals surface area (Å²) in [5.74, 6) is -0.339. The first-order chi connectivity index (χ1) is 20.3. The van der Waals surface area contributed by atoms with Crippen molar-refractivity contribution in [2.24, 2.45) is 5.41 Å². The molecule has 1 aliphatic carbocycles. The van der Waals surface area contributed by atoms with Crippen molar-refractivity contribution in [3.8, 4) is 17.4 Å². The second-order valence-corrected chi connectivity index (χ2v) is 11.7. The highest BCUT2D eigenvalue weighted by molar-refractivity contribution is 6.32. The van der Waals surface area contributed by atoms with Crippen molar-refractivity contribution in [3.05, 3.63) is 28.4 Å². The molecule has 0 radical (unpaired) electrons. The van der Waals surface area contributed by atoms with E-state index in [0.29, 0.717) is 26.2 Å². The van der Waals surface area contributed by atoms with Gasteiger partial charge in [-0.3, -0.25) is 4.98 Å². The van der Waals surface area contributed by atoms with Crippen molar-refractivity contribution in [2.75, 3.05) is 63.1 Å². The molecule has 1 saturated carbocycles. The Morgan fingerprint density at radius 2 is 1.60 bits per heavy atom. The fourth-order valence-corrected chi connectivity index (χ4v) is 6.12. The van der Waals surface area contributed by atoms with Gasteiger partial charge in [-0.15, -0.1) is 0 Å². The number of nitrogen functional groups attached to an aromatic ring is 1. The number of nitrogens with two attached hydrogens (primary N) is 1. The van der Waals surface area contributed by atoms with Crippen molar-refractivity contribution in [1.29, 1.82) is 0 Å². The summed E-state index contributed by atoms with van der Waals surface area (Å²) in [6.07, 6.45) is -5.24. The van der Waals surface area contributed by atoms with Crippen LogP contribution in [0.3, 0.4) is 0 Å². The van der Waals surface area contributed by atoms with Gasteiger partial charge in [0, 0.05) is 44.3 Å². The minimum Gasteiger partial charge on any atom is -0.463 e. The number of nitrogens with one attached hydrogen (secondary N) is 1. The van der Waals surface area contributed by atoms with E-state index in [1.165, 1.54) is 0 Å². The maximum atomic E-state index is 14.9. The van der Waals surface area contributed by atoms with Crippen LogP contribution >= 0.6 is 11.6 Å². The van der Waals surface area contributed by atoms with Crippen LogP contribution < -0.4 is 20.7 Å². The number of nitrogens with zero attached hydrogens (tertiary/aromatic N) is 6. The van der Waals surface area contributed by atoms with Gasteiger partial charge < -0.3 is 25.6 Å². The summed E-state index contributed by atoms with van der Waals surface area (Å²) in [5, 5.41) is 2.20. The summed E-state index contributed by atoms with van der Waals surface area (Å²) < 4.78 is 92.8. The number of ether oxygens (including phenoxy) is 1. The fourth-order valence-electron chi connectivity index (χ4n) is 5.81. The van der Waals surface area contributed by atoms with Crippen LogP contribution in [0.5, 0.6) is 6.01 Å². The molecule has 3 N–H and O–H groups in total. The third-order valence-corrected chi connectivity index (χ3v) is 8.42. The Hall–Kier alpha value is -3.17. The molecule has 0 unspecified atom stereocenters. The summed E-state index contributed by atoms with van der Waals surface area (Å²) in [6, 6.07) is 0.445. The van der Waals surface area contributed by atoms with Gasteiger partial charge in [-0.05, 0) is 44.8 Å². The summed E-state index contributed by atoms with van der Waals surface area (Å²) in [5.41, 5.74) is -0.466. The van der Waals surface area contributed by atoms with E-state index in [1.54, 1.807) is 4.90 Å². The minimum atomic E-state index is -5.19. The molecule has 6 rings (SSSR count). The number of hydrogen-bond donors (Lipinski definition) is 2. The average Bonchev–Trinajstić information content (AvgIpc) is 3.51. The number of rotatable bonds is 7. The Kier molecular flexibility index (Phi) is 7.70. The van der Waals surface area contributed by atoms with E-state index in [2.05, 4.69) is 30.2 Å². The van der Waals surface area contributed by atoms with Crippen molar-refractivity contribution in [1.82, 2.24) is 30.2 Å². The third-order valence-electron chi connectivity index (χ3n) is 8.12. The number of pyridine rings is 2. The van der Waals surface area contributed by atoms with E-state index in [0.717, 1.165) is 57.6 Å². The predicted octanol–water partition coefficient (Wildman–Crippen LogP) is 5.02. The monoisotopic (exact) mass is 630 g/mol. The normalized spacial score (nSPS) is 19.3. The molecule has 16 heteroatoms. The molecule has 5 heterocycles. The van der Waals surface area contributed by atoms with Crippen LogP contribution in [0, 0.1) is 5.41 Å². The summed E-state index contributed by atoms with van der Waals surface area (Å²) in [4.78, 5) is 20.3. The van der Waals surface area contributed by atoms with Crippen molar-refractivity contribution < 1.29 is 31.1 Å². The predicted molar refractivity (Wildman–Crippen MR) is 148 cm³/mol. The lowest BCUT2D eigenvalue weighted by Crippen LogP contribution is -2.44. The van der Waals surface area contributed by atoms with E-state index in [4.69, 9.17) is 22.1 Å². The average molecular weight is 631 g/mol. The van der Waals surface area contributed by atoms with Gasteiger partial charge in [0.05, 0.1) is 22.5 Å². The number of fused-ring (bicyclic) bond motifs is 1. The molecule has 43 heavy (non-hydrogen) atoms. The Morgan fingerprint density at radius 3 is 2.23 bits per heavy atom. The standard InChI is InChI=1S/C27H29ClF6N8O/c28-16-11-17(35)38-22(18(16)26(29,30)31)21-19(27(32,33)34)20-15(12-37-21)23(42-9-5-36-6-10-42)40-24(39-20)43-14-25(3-4-25)13-41-7-1-2-8-41/h11-12,36H,1-10,13-14H2,(H2,35,38). The zero-order valence-corrected chi connectivity index (χ0v) is 23.7. The Bertz CT molecular complexity index is 1520. The molecule has 0 spiro atoms. The number of piperazine rings is 1. The van der Waals surface area contributed by atoms with Crippen LogP contribution in [0.25, 0.3) is 22.3 Å². The first-order valence-corrected chi connectivity index (χ1v) is 14.3. The maximum Gasteiger partial charge on any atom is 0.420 e. The van der Waals surface area contributed by atoms with E-state index < -0.39 is 51.2 Å². The van der Waals surface area contributed by atoms with Crippen LogP contribution in [0.15, 0.2) is 12.3 Å². The van der Waals surface area contributed by atoms with Gasteiger partial charge in [0.15, 0.2) is 0 Å². The first kappa shape index (κ1) is 29.9. The second kappa shape index (κ2) is 11.1. The zero-order chi connectivity index (χ0) is 30.6. The lowest BCUT2D eigenvalue weighted by atomic mass is 10.0. The quantitative estimate of drug-likeness (QED) is 0.348. The molecule has 0 aromatic carbocycles. The molecule has 3 aliphatic rings. The molecule has 2 aliphatic heterocycles. The second-order valence-electron chi connectivity index (χ2n) is 11.3. The number of anilines is 2. The van der Waals surface area contributed by atoms with Crippen LogP contribution in [0.2, 0.25) is 5.02 Å². The van der Waals surface area contributed by atoms with E-state index in [-0.39, 0.29) is 29.2 Å². The van der Waals surface area contributed by atoms with Crippen molar-refractivity contribution in [3.63, 3.8) is 0 Å². The van der Waals surface area contributed by atoms with E-state index in [9.17, 15) is 26.3 Å². The van der Waals surface area contributed by atoms with Gasteiger partial charge in [0.25, 0.3) is 0 Å². The molecule has 0 amide bonds. The minimum absolute atomic E-state index is 0.0768. The molecule has 232 valence electrons. The lowest BCUT2D eigenvalue weighted by molar-refractivity contribution is -0.139. The molecule has 9 nitrogen and oxygen atoms in total. The van der Waals surface area contributed by atoms with E-state index >= 15 is 0 Å². The largest absolute Gasteiger partial charge is 0.463 e. The Labute approximate surface area is 247 Å². The SMILES string of the molecule is Nc1cc(Cl)c(C(F)(F)F)c(-c2ncc3c(N4CCNCC4)nc(OCC4(CN5CCCC5)CC4)nc3c2C(F)(F)F)n1. The van der Waals surface area contributed by atoms with Crippen molar-refractivity contribution in [2.45, 2.75) is 38.0 Å². The number of halogens is 7.